The first kappa shape index (κ1) is 12.9. The second-order valence-corrected chi connectivity index (χ2v) is 5.28. The summed E-state index contributed by atoms with van der Waals surface area (Å²) in [6, 6.07) is 3.29. The molecule has 0 spiro atoms. The van der Waals surface area contributed by atoms with Crippen molar-refractivity contribution in [1.82, 2.24) is 0 Å². The molecule has 0 bridgehead atoms. The number of anilines is 1. The Morgan fingerprint density at radius 1 is 1.44 bits per heavy atom. The lowest BCUT2D eigenvalue weighted by molar-refractivity contribution is 0.163. The van der Waals surface area contributed by atoms with Gasteiger partial charge in [-0.05, 0) is 25.1 Å². The van der Waals surface area contributed by atoms with E-state index in [2.05, 4.69) is 0 Å². The molecule has 0 fully saturated rings. The lowest BCUT2D eigenvalue weighted by Gasteiger charge is -2.07. The lowest BCUT2D eigenvalue weighted by atomic mass is 10.3. The SMILES string of the molecule is CCOCCS(=O)(=O)c1cc(F)ccc1N. The molecule has 1 aromatic carbocycles. The zero-order chi connectivity index (χ0) is 12.2. The minimum Gasteiger partial charge on any atom is -0.398 e. The maximum atomic E-state index is 12.9. The molecule has 0 amide bonds. The Balaban J connectivity index is 2.93. The van der Waals surface area contributed by atoms with E-state index < -0.39 is 15.7 Å². The maximum absolute atomic E-state index is 12.9. The van der Waals surface area contributed by atoms with Crippen LogP contribution in [-0.2, 0) is 14.6 Å². The summed E-state index contributed by atoms with van der Waals surface area (Å²) in [5.41, 5.74) is 5.55. The van der Waals surface area contributed by atoms with E-state index >= 15 is 0 Å². The molecule has 16 heavy (non-hydrogen) atoms. The van der Waals surface area contributed by atoms with Crippen molar-refractivity contribution in [3.63, 3.8) is 0 Å². The molecule has 1 rings (SSSR count). The lowest BCUT2D eigenvalue weighted by Crippen LogP contribution is -2.14. The smallest absolute Gasteiger partial charge is 0.182 e. The summed E-state index contributed by atoms with van der Waals surface area (Å²) in [6.07, 6.45) is 0. The molecule has 0 aliphatic carbocycles. The van der Waals surface area contributed by atoms with Gasteiger partial charge in [0.25, 0.3) is 0 Å². The summed E-state index contributed by atoms with van der Waals surface area (Å²) in [5, 5.41) is 0. The highest BCUT2D eigenvalue weighted by atomic mass is 32.2. The third kappa shape index (κ3) is 3.18. The highest BCUT2D eigenvalue weighted by molar-refractivity contribution is 7.91. The summed E-state index contributed by atoms with van der Waals surface area (Å²) in [4.78, 5) is -0.174. The van der Waals surface area contributed by atoms with Gasteiger partial charge in [0.15, 0.2) is 9.84 Å². The van der Waals surface area contributed by atoms with Gasteiger partial charge in [0.2, 0.25) is 0 Å². The van der Waals surface area contributed by atoms with Crippen LogP contribution in [0.4, 0.5) is 10.1 Å². The number of ether oxygens (including phenoxy) is 1. The van der Waals surface area contributed by atoms with Crippen molar-refractivity contribution in [2.75, 3.05) is 24.7 Å². The molecule has 0 radical (unpaired) electrons. The van der Waals surface area contributed by atoms with Crippen LogP contribution < -0.4 is 5.73 Å². The molecule has 0 aliphatic heterocycles. The summed E-state index contributed by atoms with van der Waals surface area (Å²) in [6.45, 7) is 2.28. The second-order valence-electron chi connectivity index (χ2n) is 3.20. The standard InChI is InChI=1S/C10H14FNO3S/c1-2-15-5-6-16(13,14)10-7-8(11)3-4-9(10)12/h3-4,7H,2,5-6,12H2,1H3. The summed E-state index contributed by atoms with van der Waals surface area (Å²) in [5.74, 6) is -0.821. The Kier molecular flexibility index (Phi) is 4.26. The predicted molar refractivity (Wildman–Crippen MR) is 59.4 cm³/mol. The van der Waals surface area contributed by atoms with Gasteiger partial charge >= 0.3 is 0 Å². The van der Waals surface area contributed by atoms with Gasteiger partial charge in [-0.3, -0.25) is 0 Å². The molecule has 0 aliphatic rings. The number of sulfone groups is 1. The van der Waals surface area contributed by atoms with Crippen LogP contribution in [0.15, 0.2) is 23.1 Å². The third-order valence-corrected chi connectivity index (χ3v) is 3.74. The summed E-state index contributed by atoms with van der Waals surface area (Å²) < 4.78 is 41.4. The average molecular weight is 247 g/mol. The van der Waals surface area contributed by atoms with Gasteiger partial charge in [-0.25, -0.2) is 12.8 Å². The molecule has 0 unspecified atom stereocenters. The molecule has 90 valence electrons. The maximum Gasteiger partial charge on any atom is 0.182 e. The van der Waals surface area contributed by atoms with Gasteiger partial charge in [-0.15, -0.1) is 0 Å². The number of benzene rings is 1. The first-order valence-corrected chi connectivity index (χ1v) is 6.48. The van der Waals surface area contributed by atoms with Crippen molar-refractivity contribution in [1.29, 1.82) is 0 Å². The Morgan fingerprint density at radius 3 is 2.75 bits per heavy atom. The van der Waals surface area contributed by atoms with Gasteiger partial charge in [0, 0.05) is 6.61 Å². The average Bonchev–Trinajstić information content (AvgIpc) is 2.22. The van der Waals surface area contributed by atoms with E-state index in [9.17, 15) is 12.8 Å². The van der Waals surface area contributed by atoms with Gasteiger partial charge in [-0.1, -0.05) is 0 Å². The number of nitrogens with two attached hydrogens (primary N) is 1. The molecule has 0 saturated heterocycles. The molecule has 2 N–H and O–H groups in total. The molecule has 0 aromatic heterocycles. The van der Waals surface area contributed by atoms with Crippen LogP contribution in [0.1, 0.15) is 6.92 Å². The van der Waals surface area contributed by atoms with Crippen molar-refractivity contribution in [2.45, 2.75) is 11.8 Å². The van der Waals surface area contributed by atoms with Crippen LogP contribution in [0.25, 0.3) is 0 Å². The van der Waals surface area contributed by atoms with Gasteiger partial charge in [-0.2, -0.15) is 0 Å². The zero-order valence-electron chi connectivity index (χ0n) is 8.94. The van der Waals surface area contributed by atoms with Crippen molar-refractivity contribution < 1.29 is 17.5 Å². The minimum atomic E-state index is -3.58. The number of hydrogen-bond donors (Lipinski definition) is 1. The van der Waals surface area contributed by atoms with Crippen LogP contribution >= 0.6 is 0 Å². The molecular formula is C10H14FNO3S. The highest BCUT2D eigenvalue weighted by Crippen LogP contribution is 2.20. The Morgan fingerprint density at radius 2 is 2.12 bits per heavy atom. The molecule has 4 nitrogen and oxygen atoms in total. The minimum absolute atomic E-state index is 0.0536. The second kappa shape index (κ2) is 5.27. The molecule has 6 heteroatoms. The van der Waals surface area contributed by atoms with Crippen molar-refractivity contribution in [2.24, 2.45) is 0 Å². The molecular weight excluding hydrogens is 233 g/mol. The van der Waals surface area contributed by atoms with E-state index in [4.69, 9.17) is 10.5 Å². The predicted octanol–water partition coefficient (Wildman–Crippen LogP) is 1.22. The van der Waals surface area contributed by atoms with Crippen molar-refractivity contribution in [3.8, 4) is 0 Å². The van der Waals surface area contributed by atoms with E-state index in [0.717, 1.165) is 12.1 Å². The topological polar surface area (TPSA) is 69.4 Å². The molecule has 0 saturated carbocycles. The Bertz CT molecular complexity index is 459. The largest absolute Gasteiger partial charge is 0.398 e. The molecule has 0 atom stereocenters. The first-order valence-electron chi connectivity index (χ1n) is 4.83. The molecule has 1 aromatic rings. The van der Waals surface area contributed by atoms with Crippen molar-refractivity contribution in [3.05, 3.63) is 24.0 Å². The van der Waals surface area contributed by atoms with Gasteiger partial charge in [0.1, 0.15) is 5.82 Å². The highest BCUT2D eigenvalue weighted by Gasteiger charge is 2.18. The van der Waals surface area contributed by atoms with E-state index in [-0.39, 0.29) is 22.9 Å². The van der Waals surface area contributed by atoms with E-state index in [1.807, 2.05) is 0 Å². The number of nitrogen functional groups attached to an aromatic ring is 1. The number of rotatable bonds is 5. The van der Waals surface area contributed by atoms with E-state index in [1.165, 1.54) is 6.07 Å². The van der Waals surface area contributed by atoms with Crippen LogP contribution in [0.5, 0.6) is 0 Å². The monoisotopic (exact) mass is 247 g/mol. The van der Waals surface area contributed by atoms with E-state index in [0.29, 0.717) is 6.61 Å². The van der Waals surface area contributed by atoms with Gasteiger partial charge < -0.3 is 10.5 Å². The van der Waals surface area contributed by atoms with Gasteiger partial charge in [0.05, 0.1) is 22.9 Å². The van der Waals surface area contributed by atoms with Crippen LogP contribution in [0.3, 0.4) is 0 Å². The van der Waals surface area contributed by atoms with Crippen LogP contribution in [0.2, 0.25) is 0 Å². The number of halogens is 1. The fourth-order valence-electron chi connectivity index (χ4n) is 1.20. The quantitative estimate of drug-likeness (QED) is 0.627. The normalized spacial score (nSPS) is 11.6. The summed E-state index contributed by atoms with van der Waals surface area (Å²) in [7, 11) is -3.58. The van der Waals surface area contributed by atoms with E-state index in [1.54, 1.807) is 6.92 Å². The Labute approximate surface area is 94.1 Å². The third-order valence-electron chi connectivity index (χ3n) is 2.01. The van der Waals surface area contributed by atoms with Crippen molar-refractivity contribution >= 4 is 15.5 Å². The number of hydrogen-bond acceptors (Lipinski definition) is 4. The Hall–Kier alpha value is -1.14. The first-order chi connectivity index (χ1) is 7.47. The fraction of sp³-hybridized carbons (Fsp3) is 0.400. The van der Waals surface area contributed by atoms with Crippen LogP contribution in [0, 0.1) is 5.82 Å². The summed E-state index contributed by atoms with van der Waals surface area (Å²) >= 11 is 0. The van der Waals surface area contributed by atoms with Crippen LogP contribution in [-0.4, -0.2) is 27.4 Å². The fourth-order valence-corrected chi connectivity index (χ4v) is 2.48. The zero-order valence-corrected chi connectivity index (χ0v) is 9.76. The molecule has 0 heterocycles.